The summed E-state index contributed by atoms with van der Waals surface area (Å²) in [4.78, 5) is 17.0. The van der Waals surface area contributed by atoms with Gasteiger partial charge in [-0.05, 0) is 31.1 Å². The lowest BCUT2D eigenvalue weighted by Crippen LogP contribution is -2.35. The molecule has 1 aliphatic rings. The molecular weight excluding hydrogens is 240 g/mol. The second-order valence-corrected chi connectivity index (χ2v) is 6.23. The molecule has 1 aromatic heterocycles. The van der Waals surface area contributed by atoms with Gasteiger partial charge in [-0.15, -0.1) is 0 Å². The minimum absolute atomic E-state index is 0.0779. The van der Waals surface area contributed by atoms with Gasteiger partial charge in [0.2, 0.25) is 0 Å². The lowest BCUT2D eigenvalue weighted by atomic mass is 9.76. The van der Waals surface area contributed by atoms with Crippen LogP contribution in [0.25, 0.3) is 0 Å². The molecule has 0 fully saturated rings. The van der Waals surface area contributed by atoms with Crippen molar-refractivity contribution in [3.8, 4) is 0 Å². The van der Waals surface area contributed by atoms with E-state index in [9.17, 15) is 4.79 Å². The molecule has 4 nitrogen and oxygen atoms in total. The van der Waals surface area contributed by atoms with E-state index in [1.165, 1.54) is 0 Å². The highest BCUT2D eigenvalue weighted by atomic mass is 16.5. The SMILES string of the molecule is CC[C@@H](Cn1cnc2c(c1=O)CC(C)(C)CC2)OC. The van der Waals surface area contributed by atoms with Crippen molar-refractivity contribution < 1.29 is 4.74 Å². The average molecular weight is 264 g/mol. The van der Waals surface area contributed by atoms with Crippen LogP contribution in [-0.4, -0.2) is 22.8 Å². The second kappa shape index (κ2) is 5.45. The third kappa shape index (κ3) is 3.06. The third-order valence-corrected chi connectivity index (χ3v) is 4.10. The van der Waals surface area contributed by atoms with E-state index in [4.69, 9.17) is 4.74 Å². The molecule has 0 unspecified atom stereocenters. The maximum absolute atomic E-state index is 12.5. The number of hydrogen-bond acceptors (Lipinski definition) is 3. The highest BCUT2D eigenvalue weighted by Gasteiger charge is 2.28. The molecule has 0 aromatic carbocycles. The molecule has 1 heterocycles. The molecule has 19 heavy (non-hydrogen) atoms. The van der Waals surface area contributed by atoms with Gasteiger partial charge in [0.05, 0.1) is 24.7 Å². The van der Waals surface area contributed by atoms with Crippen molar-refractivity contribution in [1.82, 2.24) is 9.55 Å². The number of fused-ring (bicyclic) bond motifs is 1. The summed E-state index contributed by atoms with van der Waals surface area (Å²) in [5.74, 6) is 0. The number of aromatic nitrogens is 2. The van der Waals surface area contributed by atoms with Crippen molar-refractivity contribution in [2.24, 2.45) is 5.41 Å². The van der Waals surface area contributed by atoms with Crippen molar-refractivity contribution in [1.29, 1.82) is 0 Å². The van der Waals surface area contributed by atoms with Gasteiger partial charge >= 0.3 is 0 Å². The quantitative estimate of drug-likeness (QED) is 0.837. The number of rotatable bonds is 4. The van der Waals surface area contributed by atoms with E-state index in [1.54, 1.807) is 18.0 Å². The molecule has 1 atom stereocenters. The Hall–Kier alpha value is -1.16. The first-order valence-electron chi connectivity index (χ1n) is 7.07. The van der Waals surface area contributed by atoms with Crippen LogP contribution >= 0.6 is 0 Å². The maximum Gasteiger partial charge on any atom is 0.256 e. The van der Waals surface area contributed by atoms with Gasteiger partial charge in [0.25, 0.3) is 5.56 Å². The highest BCUT2D eigenvalue weighted by molar-refractivity contribution is 5.22. The Bertz CT molecular complexity index is 501. The zero-order valence-electron chi connectivity index (χ0n) is 12.4. The van der Waals surface area contributed by atoms with Crippen LogP contribution in [0.4, 0.5) is 0 Å². The van der Waals surface area contributed by atoms with Gasteiger partial charge in [0, 0.05) is 12.7 Å². The van der Waals surface area contributed by atoms with E-state index in [0.717, 1.165) is 36.9 Å². The molecule has 1 aliphatic carbocycles. The Labute approximate surface area is 114 Å². The van der Waals surface area contributed by atoms with Crippen molar-refractivity contribution >= 4 is 0 Å². The molecule has 0 spiro atoms. The van der Waals surface area contributed by atoms with Gasteiger partial charge in [-0.3, -0.25) is 9.36 Å². The fourth-order valence-corrected chi connectivity index (χ4v) is 2.70. The minimum Gasteiger partial charge on any atom is -0.380 e. The first kappa shape index (κ1) is 14.3. The summed E-state index contributed by atoms with van der Waals surface area (Å²) in [6, 6.07) is 0. The number of aryl methyl sites for hydroxylation is 1. The van der Waals surface area contributed by atoms with E-state index in [2.05, 4.69) is 25.8 Å². The Balaban J connectivity index is 2.32. The molecule has 4 heteroatoms. The van der Waals surface area contributed by atoms with Gasteiger partial charge in [-0.1, -0.05) is 20.8 Å². The van der Waals surface area contributed by atoms with Gasteiger partial charge in [-0.25, -0.2) is 4.98 Å². The molecular formula is C15H24N2O2. The predicted octanol–water partition coefficient (Wildman–Crippen LogP) is 2.18. The van der Waals surface area contributed by atoms with Crippen LogP contribution in [0.5, 0.6) is 0 Å². The number of nitrogens with zero attached hydrogens (tertiary/aromatic N) is 2. The molecule has 0 amide bonds. The van der Waals surface area contributed by atoms with Crippen LogP contribution in [-0.2, 0) is 24.1 Å². The van der Waals surface area contributed by atoms with Crippen molar-refractivity contribution in [2.45, 2.75) is 59.1 Å². The smallest absolute Gasteiger partial charge is 0.256 e. The summed E-state index contributed by atoms with van der Waals surface area (Å²) in [7, 11) is 1.69. The van der Waals surface area contributed by atoms with Crippen LogP contribution in [0.1, 0.15) is 44.9 Å². The van der Waals surface area contributed by atoms with E-state index in [1.807, 2.05) is 0 Å². The van der Waals surface area contributed by atoms with Crippen molar-refractivity contribution in [3.05, 3.63) is 27.9 Å². The molecule has 1 aromatic rings. The van der Waals surface area contributed by atoms with E-state index < -0.39 is 0 Å². The van der Waals surface area contributed by atoms with E-state index >= 15 is 0 Å². The lowest BCUT2D eigenvalue weighted by Gasteiger charge is -2.30. The second-order valence-electron chi connectivity index (χ2n) is 6.23. The summed E-state index contributed by atoms with van der Waals surface area (Å²) in [5, 5.41) is 0. The fourth-order valence-electron chi connectivity index (χ4n) is 2.70. The maximum atomic E-state index is 12.5. The van der Waals surface area contributed by atoms with Crippen LogP contribution in [0, 0.1) is 5.41 Å². The van der Waals surface area contributed by atoms with E-state index in [0.29, 0.717) is 6.54 Å². The first-order valence-corrected chi connectivity index (χ1v) is 7.07. The largest absolute Gasteiger partial charge is 0.380 e. The zero-order chi connectivity index (χ0) is 14.0. The molecule has 0 radical (unpaired) electrons. The van der Waals surface area contributed by atoms with Crippen LogP contribution in [0.2, 0.25) is 0 Å². The van der Waals surface area contributed by atoms with Gasteiger partial charge < -0.3 is 4.74 Å². The van der Waals surface area contributed by atoms with Crippen LogP contribution in [0.3, 0.4) is 0 Å². The Morgan fingerprint density at radius 3 is 2.89 bits per heavy atom. The zero-order valence-corrected chi connectivity index (χ0v) is 12.4. The molecule has 0 saturated heterocycles. The van der Waals surface area contributed by atoms with Gasteiger partial charge in [0.1, 0.15) is 0 Å². The molecule has 2 rings (SSSR count). The number of methoxy groups -OCH3 is 1. The number of ether oxygens (including phenoxy) is 1. The lowest BCUT2D eigenvalue weighted by molar-refractivity contribution is 0.0832. The molecule has 0 N–H and O–H groups in total. The van der Waals surface area contributed by atoms with Crippen molar-refractivity contribution in [3.63, 3.8) is 0 Å². The summed E-state index contributed by atoms with van der Waals surface area (Å²) in [6.07, 6.45) is 5.51. The van der Waals surface area contributed by atoms with E-state index in [-0.39, 0.29) is 17.1 Å². The Kier molecular flexibility index (Phi) is 4.09. The molecule has 0 bridgehead atoms. The molecule has 0 saturated carbocycles. The minimum atomic E-state index is 0.0779. The van der Waals surface area contributed by atoms with Crippen LogP contribution in [0.15, 0.2) is 11.1 Å². The summed E-state index contributed by atoms with van der Waals surface area (Å²) in [6.45, 7) is 7.09. The normalized spacial score (nSPS) is 18.9. The molecule has 106 valence electrons. The van der Waals surface area contributed by atoms with Gasteiger partial charge in [-0.2, -0.15) is 0 Å². The Morgan fingerprint density at radius 2 is 2.26 bits per heavy atom. The number of hydrogen-bond donors (Lipinski definition) is 0. The predicted molar refractivity (Wildman–Crippen MR) is 75.4 cm³/mol. The summed E-state index contributed by atoms with van der Waals surface area (Å²) >= 11 is 0. The average Bonchev–Trinajstić information content (AvgIpc) is 2.38. The molecule has 0 aliphatic heterocycles. The summed E-state index contributed by atoms with van der Waals surface area (Å²) in [5.41, 5.74) is 2.22. The monoisotopic (exact) mass is 264 g/mol. The van der Waals surface area contributed by atoms with Crippen molar-refractivity contribution in [2.75, 3.05) is 7.11 Å². The standard InChI is InChI=1S/C15H24N2O2/c1-5-11(19-4)9-17-10-16-13-6-7-15(2,3)8-12(13)14(17)18/h10-11H,5-9H2,1-4H3/t11-/m0/s1. The summed E-state index contributed by atoms with van der Waals surface area (Å²) < 4.78 is 7.06. The Morgan fingerprint density at radius 1 is 1.53 bits per heavy atom. The topological polar surface area (TPSA) is 44.1 Å². The van der Waals surface area contributed by atoms with Gasteiger partial charge in [0.15, 0.2) is 0 Å². The highest BCUT2D eigenvalue weighted by Crippen LogP contribution is 2.32. The third-order valence-electron chi connectivity index (χ3n) is 4.10. The first-order chi connectivity index (χ1) is 8.96. The fraction of sp³-hybridized carbons (Fsp3) is 0.733. The van der Waals surface area contributed by atoms with Crippen LogP contribution < -0.4 is 5.56 Å².